The molecule has 104 valence electrons. The lowest BCUT2D eigenvalue weighted by atomic mass is 10.3. The minimum absolute atomic E-state index is 0.0441. The maximum atomic E-state index is 13.4. The summed E-state index contributed by atoms with van der Waals surface area (Å²) in [5, 5.41) is 12.8. The van der Waals surface area contributed by atoms with Crippen molar-refractivity contribution in [1.29, 1.82) is 0 Å². The predicted molar refractivity (Wildman–Crippen MR) is 67.9 cm³/mol. The van der Waals surface area contributed by atoms with Gasteiger partial charge in [0.15, 0.2) is 0 Å². The summed E-state index contributed by atoms with van der Waals surface area (Å²) in [6, 6.07) is 1.01. The van der Waals surface area contributed by atoms with Gasteiger partial charge in [-0.05, 0) is 28.4 Å². The smallest absolute Gasteiger partial charge is 0.319 e. The minimum Gasteiger partial charge on any atom is -0.481 e. The molecule has 0 heterocycles. The number of hydrogen-bond acceptors (Lipinski definition) is 2. The van der Waals surface area contributed by atoms with Crippen molar-refractivity contribution in [3.05, 3.63) is 28.2 Å². The Labute approximate surface area is 116 Å². The van der Waals surface area contributed by atoms with Crippen LogP contribution >= 0.6 is 15.9 Å². The summed E-state index contributed by atoms with van der Waals surface area (Å²) < 4.78 is 26.5. The van der Waals surface area contributed by atoms with E-state index in [4.69, 9.17) is 5.11 Å². The van der Waals surface area contributed by atoms with Gasteiger partial charge in [-0.2, -0.15) is 0 Å². The van der Waals surface area contributed by atoms with E-state index >= 15 is 0 Å². The third-order valence-corrected chi connectivity index (χ3v) is 2.72. The highest BCUT2D eigenvalue weighted by Crippen LogP contribution is 2.23. The molecule has 1 aromatic carbocycles. The maximum Gasteiger partial charge on any atom is 0.319 e. The Bertz CT molecular complexity index is 497. The number of carbonyl (C=O) groups excluding carboxylic acids is 1. The van der Waals surface area contributed by atoms with Gasteiger partial charge >= 0.3 is 12.0 Å². The number of amides is 2. The first-order chi connectivity index (χ1) is 8.90. The molecule has 1 aromatic rings. The predicted octanol–water partition coefficient (Wildman–Crippen LogP) is 2.71. The van der Waals surface area contributed by atoms with Crippen LogP contribution in [0, 0.1) is 11.6 Å². The largest absolute Gasteiger partial charge is 0.481 e. The summed E-state index contributed by atoms with van der Waals surface area (Å²) in [7, 11) is 0. The molecule has 5 nitrogen and oxygen atoms in total. The highest BCUT2D eigenvalue weighted by atomic mass is 79.9. The minimum atomic E-state index is -0.969. The fourth-order valence-electron chi connectivity index (χ4n) is 1.23. The van der Waals surface area contributed by atoms with E-state index in [1.807, 2.05) is 0 Å². The van der Waals surface area contributed by atoms with E-state index in [-0.39, 0.29) is 29.5 Å². The van der Waals surface area contributed by atoms with Gasteiger partial charge in [0.1, 0.15) is 11.6 Å². The van der Waals surface area contributed by atoms with Gasteiger partial charge in [-0.1, -0.05) is 0 Å². The zero-order chi connectivity index (χ0) is 14.4. The molecule has 0 aliphatic carbocycles. The maximum absolute atomic E-state index is 13.4. The molecule has 1 rings (SSSR count). The molecule has 2 amide bonds. The van der Waals surface area contributed by atoms with Gasteiger partial charge < -0.3 is 15.7 Å². The van der Waals surface area contributed by atoms with Crippen molar-refractivity contribution in [2.45, 2.75) is 12.8 Å². The fourth-order valence-corrected chi connectivity index (χ4v) is 1.54. The first-order valence-electron chi connectivity index (χ1n) is 5.31. The first kappa shape index (κ1) is 15.4. The van der Waals surface area contributed by atoms with E-state index in [1.54, 1.807) is 0 Å². The number of urea groups is 1. The lowest BCUT2D eigenvalue weighted by Crippen LogP contribution is -2.30. The number of carbonyl (C=O) groups is 2. The number of aliphatic carboxylic acids is 1. The van der Waals surface area contributed by atoms with Crippen LogP contribution in [0.3, 0.4) is 0 Å². The molecule has 3 N–H and O–H groups in total. The van der Waals surface area contributed by atoms with Crippen LogP contribution in [-0.2, 0) is 4.79 Å². The molecule has 0 aliphatic heterocycles. The molecule has 0 saturated heterocycles. The molecule has 0 unspecified atom stereocenters. The lowest BCUT2D eigenvalue weighted by Gasteiger charge is -2.08. The first-order valence-corrected chi connectivity index (χ1v) is 6.10. The van der Waals surface area contributed by atoms with Crippen molar-refractivity contribution in [2.24, 2.45) is 0 Å². The number of carboxylic acid groups (broad SMARTS) is 1. The van der Waals surface area contributed by atoms with Crippen molar-refractivity contribution in [3.8, 4) is 0 Å². The number of nitrogens with one attached hydrogen (secondary N) is 2. The molecule has 8 heteroatoms. The Morgan fingerprint density at radius 2 is 1.95 bits per heavy atom. The van der Waals surface area contributed by atoms with Crippen LogP contribution < -0.4 is 10.6 Å². The Hall–Kier alpha value is -1.70. The number of hydrogen-bond donors (Lipinski definition) is 3. The van der Waals surface area contributed by atoms with Gasteiger partial charge in [0, 0.05) is 19.0 Å². The van der Waals surface area contributed by atoms with Crippen molar-refractivity contribution in [3.63, 3.8) is 0 Å². The highest BCUT2D eigenvalue weighted by molar-refractivity contribution is 9.10. The van der Waals surface area contributed by atoms with E-state index in [9.17, 15) is 18.4 Å². The Morgan fingerprint density at radius 1 is 1.26 bits per heavy atom. The molecule has 0 atom stereocenters. The number of halogens is 3. The van der Waals surface area contributed by atoms with Crippen LogP contribution in [0.15, 0.2) is 16.6 Å². The van der Waals surface area contributed by atoms with Gasteiger partial charge in [-0.3, -0.25) is 4.79 Å². The zero-order valence-electron chi connectivity index (χ0n) is 9.67. The molecule has 0 aromatic heterocycles. The van der Waals surface area contributed by atoms with Gasteiger partial charge in [0.25, 0.3) is 0 Å². The standard InChI is InChI=1S/C11H11BrF2N2O3/c12-6-4-8(14)9(5-7(6)13)16-11(19)15-3-1-2-10(17)18/h4-5H,1-3H2,(H,17,18)(H2,15,16,19). The van der Waals surface area contributed by atoms with Crippen LogP contribution in [0.2, 0.25) is 0 Å². The number of carboxylic acids is 1. The molecule has 0 bridgehead atoms. The second-order valence-electron chi connectivity index (χ2n) is 3.62. The van der Waals surface area contributed by atoms with Crippen molar-refractivity contribution in [2.75, 3.05) is 11.9 Å². The van der Waals surface area contributed by atoms with Crippen molar-refractivity contribution in [1.82, 2.24) is 5.32 Å². The monoisotopic (exact) mass is 336 g/mol. The Balaban J connectivity index is 2.48. The van der Waals surface area contributed by atoms with Crippen LogP contribution in [0.1, 0.15) is 12.8 Å². The third kappa shape index (κ3) is 5.21. The van der Waals surface area contributed by atoms with Crippen LogP contribution in [0.5, 0.6) is 0 Å². The summed E-state index contributed by atoms with van der Waals surface area (Å²) in [5.74, 6) is -2.46. The van der Waals surface area contributed by atoms with E-state index < -0.39 is 23.6 Å². The molecule has 0 radical (unpaired) electrons. The molecular weight excluding hydrogens is 326 g/mol. The zero-order valence-corrected chi connectivity index (χ0v) is 11.3. The van der Waals surface area contributed by atoms with Crippen LogP contribution in [0.4, 0.5) is 19.3 Å². The van der Waals surface area contributed by atoms with Crippen molar-refractivity contribution < 1.29 is 23.5 Å². The van der Waals surface area contributed by atoms with Gasteiger partial charge in [0.05, 0.1) is 10.2 Å². The summed E-state index contributed by atoms with van der Waals surface area (Å²) in [6.07, 6.45) is 0.168. The van der Waals surface area contributed by atoms with Crippen LogP contribution in [0.25, 0.3) is 0 Å². The van der Waals surface area contributed by atoms with Crippen molar-refractivity contribution >= 4 is 33.6 Å². The Morgan fingerprint density at radius 3 is 2.58 bits per heavy atom. The Kier molecular flexibility index (Phi) is 5.68. The van der Waals surface area contributed by atoms with Gasteiger partial charge in [-0.15, -0.1) is 0 Å². The topological polar surface area (TPSA) is 78.4 Å². The third-order valence-electron chi connectivity index (χ3n) is 2.11. The van der Waals surface area contributed by atoms with Gasteiger partial charge in [0.2, 0.25) is 0 Å². The number of benzene rings is 1. The molecule has 0 spiro atoms. The molecule has 0 fully saturated rings. The number of rotatable bonds is 5. The normalized spacial score (nSPS) is 10.1. The van der Waals surface area contributed by atoms with E-state index in [1.165, 1.54) is 0 Å². The second kappa shape index (κ2) is 7.03. The van der Waals surface area contributed by atoms with E-state index in [0.29, 0.717) is 0 Å². The molecule has 0 aliphatic rings. The average Bonchev–Trinajstić information content (AvgIpc) is 2.31. The molecule has 19 heavy (non-hydrogen) atoms. The quantitative estimate of drug-likeness (QED) is 0.571. The average molecular weight is 337 g/mol. The summed E-state index contributed by atoms with van der Waals surface area (Å²) >= 11 is 2.81. The fraction of sp³-hybridized carbons (Fsp3) is 0.273. The second-order valence-corrected chi connectivity index (χ2v) is 4.48. The van der Waals surface area contributed by atoms with Gasteiger partial charge in [-0.25, -0.2) is 13.6 Å². The van der Waals surface area contributed by atoms with E-state index in [2.05, 4.69) is 26.6 Å². The van der Waals surface area contributed by atoms with Crippen LogP contribution in [-0.4, -0.2) is 23.7 Å². The molecular formula is C11H11BrF2N2O3. The highest BCUT2D eigenvalue weighted by Gasteiger charge is 2.10. The SMILES string of the molecule is O=C(O)CCCNC(=O)Nc1cc(F)c(Br)cc1F. The molecule has 0 saturated carbocycles. The summed E-state index contributed by atoms with van der Waals surface area (Å²) in [6.45, 7) is 0.124. The summed E-state index contributed by atoms with van der Waals surface area (Å²) in [4.78, 5) is 21.6. The number of anilines is 1. The van der Waals surface area contributed by atoms with E-state index in [0.717, 1.165) is 12.1 Å². The lowest BCUT2D eigenvalue weighted by molar-refractivity contribution is -0.137. The summed E-state index contributed by atoms with van der Waals surface area (Å²) in [5.41, 5.74) is -0.295.